The second-order valence-electron chi connectivity index (χ2n) is 8.42. The Balaban J connectivity index is 1.38. The third-order valence-electron chi connectivity index (χ3n) is 6.36. The van der Waals surface area contributed by atoms with Crippen molar-refractivity contribution in [2.75, 3.05) is 26.7 Å². The average Bonchev–Trinajstić information content (AvgIpc) is 3.41. The summed E-state index contributed by atoms with van der Waals surface area (Å²) in [6.45, 7) is 5.16. The van der Waals surface area contributed by atoms with Gasteiger partial charge in [-0.25, -0.2) is 9.37 Å². The van der Waals surface area contributed by atoms with Gasteiger partial charge in [-0.2, -0.15) is 0 Å². The Morgan fingerprint density at radius 1 is 1.19 bits per heavy atom. The number of likely N-dealkylation sites (tertiary alicyclic amines) is 2. The first-order valence-electron chi connectivity index (χ1n) is 11.0. The van der Waals surface area contributed by atoms with Crippen LogP contribution in [0.15, 0.2) is 36.5 Å². The van der Waals surface area contributed by atoms with Crippen LogP contribution in [0.2, 0.25) is 0 Å². The lowest BCUT2D eigenvalue weighted by atomic mass is 10.1. The van der Waals surface area contributed by atoms with E-state index < -0.39 is 5.82 Å². The Labute approximate surface area is 183 Å². The molecule has 2 atom stereocenters. The number of nitrogens with zero attached hydrogens (tertiary/aromatic N) is 3. The van der Waals surface area contributed by atoms with Gasteiger partial charge < -0.3 is 14.4 Å². The minimum atomic E-state index is -0.546. The van der Waals surface area contributed by atoms with Crippen molar-refractivity contribution in [1.29, 1.82) is 0 Å². The van der Waals surface area contributed by atoms with Crippen LogP contribution in [0.1, 0.15) is 48.5 Å². The van der Waals surface area contributed by atoms with E-state index in [-0.39, 0.29) is 24.1 Å². The molecule has 6 nitrogen and oxygen atoms in total. The summed E-state index contributed by atoms with van der Waals surface area (Å²) in [5, 5.41) is 0. The van der Waals surface area contributed by atoms with Gasteiger partial charge in [0.1, 0.15) is 18.2 Å². The molecule has 166 valence electrons. The molecule has 2 aliphatic heterocycles. The molecule has 2 aliphatic rings. The Kier molecular flexibility index (Phi) is 6.70. The Hall–Kier alpha value is -2.67. The summed E-state index contributed by atoms with van der Waals surface area (Å²) in [4.78, 5) is 21.5. The number of methoxy groups -OCH3 is 1. The zero-order valence-electron chi connectivity index (χ0n) is 18.2. The van der Waals surface area contributed by atoms with Gasteiger partial charge in [0, 0.05) is 49.1 Å². The SMILES string of the molecule is COc1ccc(COc2ccc(C(=O)N3CCCC3CN3CCC[C@@H]3C)c(F)c2)cn1. The topological polar surface area (TPSA) is 54.9 Å². The summed E-state index contributed by atoms with van der Waals surface area (Å²) < 4.78 is 25.5. The van der Waals surface area contributed by atoms with Gasteiger partial charge >= 0.3 is 0 Å². The van der Waals surface area contributed by atoms with Crippen molar-refractivity contribution in [2.45, 2.75) is 51.3 Å². The van der Waals surface area contributed by atoms with Gasteiger partial charge in [0.15, 0.2) is 0 Å². The highest BCUT2D eigenvalue weighted by Gasteiger charge is 2.33. The molecule has 0 radical (unpaired) electrons. The van der Waals surface area contributed by atoms with Crippen LogP contribution in [0, 0.1) is 5.82 Å². The van der Waals surface area contributed by atoms with Crippen LogP contribution in [-0.2, 0) is 6.61 Å². The minimum Gasteiger partial charge on any atom is -0.489 e. The van der Waals surface area contributed by atoms with Crippen LogP contribution in [0.5, 0.6) is 11.6 Å². The van der Waals surface area contributed by atoms with Crippen LogP contribution in [0.4, 0.5) is 4.39 Å². The normalized spacial score (nSPS) is 21.5. The maximum Gasteiger partial charge on any atom is 0.257 e. The molecule has 7 heteroatoms. The Morgan fingerprint density at radius 2 is 2.03 bits per heavy atom. The van der Waals surface area contributed by atoms with E-state index >= 15 is 0 Å². The second kappa shape index (κ2) is 9.64. The van der Waals surface area contributed by atoms with E-state index in [2.05, 4.69) is 16.8 Å². The van der Waals surface area contributed by atoms with Crippen LogP contribution >= 0.6 is 0 Å². The summed E-state index contributed by atoms with van der Waals surface area (Å²) in [6, 6.07) is 8.79. The van der Waals surface area contributed by atoms with Gasteiger partial charge in [-0.3, -0.25) is 9.69 Å². The number of aromatic nitrogens is 1. The largest absolute Gasteiger partial charge is 0.489 e. The molecule has 0 bridgehead atoms. The van der Waals surface area contributed by atoms with Crippen molar-refractivity contribution in [3.63, 3.8) is 0 Å². The first kappa shape index (κ1) is 21.6. The smallest absolute Gasteiger partial charge is 0.257 e. The van der Waals surface area contributed by atoms with Crippen LogP contribution in [-0.4, -0.2) is 59.5 Å². The summed E-state index contributed by atoms with van der Waals surface area (Å²) in [5.74, 6) is 0.138. The summed E-state index contributed by atoms with van der Waals surface area (Å²) in [6.07, 6.45) is 6.03. The van der Waals surface area contributed by atoms with Crippen molar-refractivity contribution in [3.05, 3.63) is 53.5 Å². The molecular formula is C24H30FN3O3. The maximum atomic E-state index is 14.8. The first-order valence-corrected chi connectivity index (χ1v) is 11.0. The van der Waals surface area contributed by atoms with Crippen molar-refractivity contribution < 1.29 is 18.7 Å². The lowest BCUT2D eigenvalue weighted by Gasteiger charge is -2.31. The molecule has 1 aromatic carbocycles. The number of hydrogen-bond acceptors (Lipinski definition) is 5. The molecule has 0 saturated carbocycles. The molecule has 2 fully saturated rings. The molecule has 31 heavy (non-hydrogen) atoms. The second-order valence-corrected chi connectivity index (χ2v) is 8.42. The summed E-state index contributed by atoms with van der Waals surface area (Å²) in [5.41, 5.74) is 0.956. The minimum absolute atomic E-state index is 0.111. The monoisotopic (exact) mass is 427 g/mol. The fourth-order valence-corrected chi connectivity index (χ4v) is 4.53. The van der Waals surface area contributed by atoms with Gasteiger partial charge in [-0.05, 0) is 57.4 Å². The fourth-order valence-electron chi connectivity index (χ4n) is 4.53. The highest BCUT2D eigenvalue weighted by atomic mass is 19.1. The molecular weight excluding hydrogens is 397 g/mol. The van der Waals surface area contributed by atoms with E-state index in [1.807, 2.05) is 11.0 Å². The van der Waals surface area contributed by atoms with Crippen molar-refractivity contribution >= 4 is 5.91 Å². The van der Waals surface area contributed by atoms with Crippen LogP contribution in [0.3, 0.4) is 0 Å². The van der Waals surface area contributed by atoms with Crippen LogP contribution in [0.25, 0.3) is 0 Å². The Morgan fingerprint density at radius 3 is 2.71 bits per heavy atom. The lowest BCUT2D eigenvalue weighted by Crippen LogP contribution is -2.44. The predicted octanol–water partition coefficient (Wildman–Crippen LogP) is 3.90. The number of amides is 1. The number of rotatable bonds is 7. The molecule has 1 aromatic heterocycles. The summed E-state index contributed by atoms with van der Waals surface area (Å²) in [7, 11) is 1.56. The third-order valence-corrected chi connectivity index (χ3v) is 6.36. The molecule has 1 amide bonds. The predicted molar refractivity (Wildman–Crippen MR) is 116 cm³/mol. The van der Waals surface area contributed by atoms with Crippen molar-refractivity contribution in [1.82, 2.24) is 14.8 Å². The number of carbonyl (C=O) groups excluding carboxylic acids is 1. The third kappa shape index (κ3) is 4.98. The number of ether oxygens (including phenoxy) is 2. The number of pyridine rings is 1. The van der Waals surface area contributed by atoms with Gasteiger partial charge in [-0.1, -0.05) is 0 Å². The van der Waals surface area contributed by atoms with E-state index in [4.69, 9.17) is 9.47 Å². The molecule has 3 heterocycles. The summed E-state index contributed by atoms with van der Waals surface area (Å²) >= 11 is 0. The molecule has 4 rings (SSSR count). The zero-order chi connectivity index (χ0) is 21.8. The van der Waals surface area contributed by atoms with E-state index in [1.165, 1.54) is 25.0 Å². The van der Waals surface area contributed by atoms with E-state index in [9.17, 15) is 9.18 Å². The molecule has 2 aromatic rings. The number of benzene rings is 1. The van der Waals surface area contributed by atoms with E-state index in [0.717, 1.165) is 31.5 Å². The number of carbonyl (C=O) groups is 1. The van der Waals surface area contributed by atoms with Crippen molar-refractivity contribution in [3.8, 4) is 11.6 Å². The number of hydrogen-bond donors (Lipinski definition) is 0. The highest BCUT2D eigenvalue weighted by molar-refractivity contribution is 5.95. The van der Waals surface area contributed by atoms with E-state index in [1.54, 1.807) is 25.4 Å². The van der Waals surface area contributed by atoms with Gasteiger partial charge in [0.25, 0.3) is 5.91 Å². The molecule has 0 N–H and O–H groups in total. The molecule has 0 aliphatic carbocycles. The lowest BCUT2D eigenvalue weighted by molar-refractivity contribution is 0.0692. The van der Waals surface area contributed by atoms with E-state index in [0.29, 0.717) is 24.2 Å². The fraction of sp³-hybridized carbons (Fsp3) is 0.500. The van der Waals surface area contributed by atoms with Gasteiger partial charge in [0.05, 0.1) is 12.7 Å². The number of halogens is 1. The first-order chi connectivity index (χ1) is 15.0. The Bertz CT molecular complexity index is 905. The molecule has 1 unspecified atom stereocenters. The van der Waals surface area contributed by atoms with Gasteiger partial charge in [0.2, 0.25) is 5.88 Å². The quantitative estimate of drug-likeness (QED) is 0.671. The van der Waals surface area contributed by atoms with Crippen LogP contribution < -0.4 is 9.47 Å². The maximum absolute atomic E-state index is 14.8. The molecule has 2 saturated heterocycles. The van der Waals surface area contributed by atoms with Crippen molar-refractivity contribution in [2.24, 2.45) is 0 Å². The average molecular weight is 428 g/mol. The van der Waals surface area contributed by atoms with Gasteiger partial charge in [-0.15, -0.1) is 0 Å². The molecule has 0 spiro atoms. The zero-order valence-corrected chi connectivity index (χ0v) is 18.2. The highest BCUT2D eigenvalue weighted by Crippen LogP contribution is 2.26. The standard InChI is InChI=1S/C24H30FN3O3/c1-17-5-3-11-27(17)15-19-6-4-12-28(19)24(29)21-9-8-20(13-22(21)25)31-16-18-7-10-23(30-2)26-14-18/h7-10,13-14,17,19H,3-6,11-12,15-16H2,1-2H3/t17-,19?/m0/s1.